The number of benzene rings is 1. The summed E-state index contributed by atoms with van der Waals surface area (Å²) in [6.07, 6.45) is 0. The molecular formula is C10H12FNS. The maximum atomic E-state index is 13.0. The lowest BCUT2D eigenvalue weighted by atomic mass is 10.2. The molecule has 1 aliphatic heterocycles. The Morgan fingerprint density at radius 2 is 2.15 bits per heavy atom. The van der Waals surface area contributed by atoms with Crippen LogP contribution in [0.3, 0.4) is 0 Å². The van der Waals surface area contributed by atoms with Gasteiger partial charge in [0.2, 0.25) is 0 Å². The Balaban J connectivity index is 2.10. The van der Waals surface area contributed by atoms with E-state index >= 15 is 0 Å². The standard InChI is InChI=1S/C10H12FNS/c1-7-2-8(11)4-9(3-7)12-10-5-13-6-10/h2-4,10,12H,5-6H2,1H3. The van der Waals surface area contributed by atoms with Gasteiger partial charge in [-0.05, 0) is 30.7 Å². The molecule has 0 aromatic heterocycles. The Morgan fingerprint density at radius 1 is 1.38 bits per heavy atom. The van der Waals surface area contributed by atoms with Gasteiger partial charge in [-0.25, -0.2) is 4.39 Å². The molecule has 0 atom stereocenters. The molecule has 1 aliphatic rings. The van der Waals surface area contributed by atoms with Gasteiger partial charge in [0, 0.05) is 23.2 Å². The zero-order valence-corrected chi connectivity index (χ0v) is 8.33. The highest BCUT2D eigenvalue weighted by Gasteiger charge is 2.17. The molecule has 1 aromatic carbocycles. The van der Waals surface area contributed by atoms with Crippen molar-refractivity contribution in [3.8, 4) is 0 Å². The van der Waals surface area contributed by atoms with Crippen molar-refractivity contribution < 1.29 is 4.39 Å². The van der Waals surface area contributed by atoms with E-state index in [1.807, 2.05) is 24.8 Å². The van der Waals surface area contributed by atoms with E-state index in [1.165, 1.54) is 0 Å². The van der Waals surface area contributed by atoms with E-state index in [0.29, 0.717) is 6.04 Å². The van der Waals surface area contributed by atoms with Crippen LogP contribution in [0.5, 0.6) is 0 Å². The zero-order valence-electron chi connectivity index (χ0n) is 7.51. The third-order valence-electron chi connectivity index (χ3n) is 2.05. The highest BCUT2D eigenvalue weighted by molar-refractivity contribution is 8.00. The summed E-state index contributed by atoms with van der Waals surface area (Å²) in [5.74, 6) is 2.11. The Bertz CT molecular complexity index is 290. The molecule has 0 saturated carbocycles. The molecule has 1 N–H and O–H groups in total. The molecular weight excluding hydrogens is 185 g/mol. The number of anilines is 1. The first-order chi connectivity index (χ1) is 6.24. The van der Waals surface area contributed by atoms with Crippen LogP contribution in [0.2, 0.25) is 0 Å². The Labute approximate surface area is 81.7 Å². The van der Waals surface area contributed by atoms with Crippen molar-refractivity contribution in [3.63, 3.8) is 0 Å². The first-order valence-electron chi connectivity index (χ1n) is 4.35. The fraction of sp³-hybridized carbons (Fsp3) is 0.400. The number of hydrogen-bond donors (Lipinski definition) is 1. The lowest BCUT2D eigenvalue weighted by molar-refractivity contribution is 0.626. The fourth-order valence-corrected chi connectivity index (χ4v) is 2.01. The average molecular weight is 197 g/mol. The zero-order chi connectivity index (χ0) is 9.26. The smallest absolute Gasteiger partial charge is 0.125 e. The number of rotatable bonds is 2. The predicted octanol–water partition coefficient (Wildman–Crippen LogP) is 2.66. The molecule has 13 heavy (non-hydrogen) atoms. The van der Waals surface area contributed by atoms with Gasteiger partial charge in [0.25, 0.3) is 0 Å². The number of thioether (sulfide) groups is 1. The lowest BCUT2D eigenvalue weighted by Gasteiger charge is -2.27. The van der Waals surface area contributed by atoms with Crippen LogP contribution in [0, 0.1) is 12.7 Å². The van der Waals surface area contributed by atoms with E-state index < -0.39 is 0 Å². The summed E-state index contributed by atoms with van der Waals surface area (Å²) in [5.41, 5.74) is 1.87. The number of hydrogen-bond acceptors (Lipinski definition) is 2. The minimum absolute atomic E-state index is 0.158. The van der Waals surface area contributed by atoms with Crippen LogP contribution < -0.4 is 5.32 Å². The molecule has 3 heteroatoms. The highest BCUT2D eigenvalue weighted by atomic mass is 32.2. The molecule has 1 heterocycles. The molecule has 0 unspecified atom stereocenters. The summed E-state index contributed by atoms with van der Waals surface area (Å²) in [4.78, 5) is 0. The van der Waals surface area contributed by atoms with Crippen LogP contribution in [0.25, 0.3) is 0 Å². The molecule has 1 nitrogen and oxygen atoms in total. The third kappa shape index (κ3) is 2.15. The van der Waals surface area contributed by atoms with Gasteiger partial charge in [0.15, 0.2) is 0 Å². The first-order valence-corrected chi connectivity index (χ1v) is 5.51. The Kier molecular flexibility index (Phi) is 2.44. The van der Waals surface area contributed by atoms with E-state index in [0.717, 1.165) is 22.8 Å². The first kappa shape index (κ1) is 8.88. The second-order valence-corrected chi connectivity index (χ2v) is 4.47. The maximum absolute atomic E-state index is 13.0. The lowest BCUT2D eigenvalue weighted by Crippen LogP contribution is -2.33. The minimum atomic E-state index is -0.158. The summed E-state index contributed by atoms with van der Waals surface area (Å²) < 4.78 is 13.0. The molecule has 2 rings (SSSR count). The van der Waals surface area contributed by atoms with Crippen LogP contribution >= 0.6 is 11.8 Å². The number of aryl methyl sites for hydroxylation is 1. The van der Waals surface area contributed by atoms with Crippen LogP contribution in [0.4, 0.5) is 10.1 Å². The molecule has 0 radical (unpaired) electrons. The topological polar surface area (TPSA) is 12.0 Å². The molecule has 70 valence electrons. The molecule has 1 fully saturated rings. The van der Waals surface area contributed by atoms with Crippen LogP contribution in [0.15, 0.2) is 18.2 Å². The average Bonchev–Trinajstić information content (AvgIpc) is 1.95. The Hall–Kier alpha value is -0.700. The maximum Gasteiger partial charge on any atom is 0.125 e. The second kappa shape index (κ2) is 3.58. The van der Waals surface area contributed by atoms with E-state index in [2.05, 4.69) is 5.32 Å². The normalized spacial score (nSPS) is 16.8. The summed E-state index contributed by atoms with van der Waals surface area (Å²) >= 11 is 1.92. The van der Waals surface area contributed by atoms with E-state index in [9.17, 15) is 4.39 Å². The summed E-state index contributed by atoms with van der Waals surface area (Å²) in [7, 11) is 0. The van der Waals surface area contributed by atoms with Crippen molar-refractivity contribution in [2.45, 2.75) is 13.0 Å². The predicted molar refractivity (Wildman–Crippen MR) is 55.9 cm³/mol. The number of nitrogens with one attached hydrogen (secondary N) is 1. The van der Waals surface area contributed by atoms with Gasteiger partial charge in [0.05, 0.1) is 0 Å². The van der Waals surface area contributed by atoms with Gasteiger partial charge in [-0.3, -0.25) is 0 Å². The van der Waals surface area contributed by atoms with Gasteiger partial charge < -0.3 is 5.32 Å². The quantitative estimate of drug-likeness (QED) is 0.782. The SMILES string of the molecule is Cc1cc(F)cc(NC2CSC2)c1. The van der Waals surface area contributed by atoms with E-state index in [1.54, 1.807) is 12.1 Å². The highest BCUT2D eigenvalue weighted by Crippen LogP contribution is 2.22. The molecule has 0 amide bonds. The van der Waals surface area contributed by atoms with Gasteiger partial charge in [-0.15, -0.1) is 0 Å². The van der Waals surface area contributed by atoms with Gasteiger partial charge in [0.1, 0.15) is 5.82 Å². The van der Waals surface area contributed by atoms with Crippen molar-refractivity contribution >= 4 is 17.4 Å². The van der Waals surface area contributed by atoms with Crippen molar-refractivity contribution in [3.05, 3.63) is 29.6 Å². The van der Waals surface area contributed by atoms with Crippen molar-refractivity contribution in [1.29, 1.82) is 0 Å². The monoisotopic (exact) mass is 197 g/mol. The summed E-state index contributed by atoms with van der Waals surface area (Å²) in [6, 6.07) is 5.61. The molecule has 0 bridgehead atoms. The minimum Gasteiger partial charge on any atom is -0.381 e. The van der Waals surface area contributed by atoms with Crippen molar-refractivity contribution in [2.24, 2.45) is 0 Å². The third-order valence-corrected chi connectivity index (χ3v) is 3.33. The number of halogens is 1. The van der Waals surface area contributed by atoms with Crippen molar-refractivity contribution in [2.75, 3.05) is 16.8 Å². The van der Waals surface area contributed by atoms with Gasteiger partial charge in [-0.2, -0.15) is 11.8 Å². The second-order valence-electron chi connectivity index (χ2n) is 3.40. The Morgan fingerprint density at radius 3 is 2.69 bits per heavy atom. The van der Waals surface area contributed by atoms with Gasteiger partial charge >= 0.3 is 0 Å². The molecule has 1 saturated heterocycles. The molecule has 1 aromatic rings. The molecule has 0 aliphatic carbocycles. The largest absolute Gasteiger partial charge is 0.381 e. The molecule has 0 spiro atoms. The summed E-state index contributed by atoms with van der Waals surface area (Å²) in [5, 5.41) is 3.30. The van der Waals surface area contributed by atoms with Crippen LogP contribution in [-0.4, -0.2) is 17.5 Å². The fourth-order valence-electron chi connectivity index (χ4n) is 1.37. The van der Waals surface area contributed by atoms with Gasteiger partial charge in [-0.1, -0.05) is 0 Å². The van der Waals surface area contributed by atoms with Crippen LogP contribution in [-0.2, 0) is 0 Å². The summed E-state index contributed by atoms with van der Waals surface area (Å²) in [6.45, 7) is 1.91. The van der Waals surface area contributed by atoms with E-state index in [-0.39, 0.29) is 5.82 Å². The van der Waals surface area contributed by atoms with E-state index in [4.69, 9.17) is 0 Å². The van der Waals surface area contributed by atoms with Crippen molar-refractivity contribution in [1.82, 2.24) is 0 Å². The van der Waals surface area contributed by atoms with Crippen LogP contribution in [0.1, 0.15) is 5.56 Å².